The van der Waals surface area contributed by atoms with Gasteiger partial charge in [0.25, 0.3) is 0 Å². The first kappa shape index (κ1) is 20.0. The predicted molar refractivity (Wildman–Crippen MR) is 115 cm³/mol. The highest BCUT2D eigenvalue weighted by atomic mass is 35.5. The summed E-state index contributed by atoms with van der Waals surface area (Å²) >= 11 is 12.7. The third-order valence-electron chi connectivity index (χ3n) is 4.52. The van der Waals surface area contributed by atoms with Crippen molar-refractivity contribution < 1.29 is 0 Å². The summed E-state index contributed by atoms with van der Waals surface area (Å²) in [4.78, 5) is 4.67. The zero-order valence-corrected chi connectivity index (χ0v) is 17.3. The van der Waals surface area contributed by atoms with Crippen LogP contribution < -0.4 is 0 Å². The Bertz CT molecular complexity index is 859. The molecule has 0 aliphatic carbocycles. The molecule has 3 rings (SSSR count). The highest BCUT2D eigenvalue weighted by Crippen LogP contribution is 2.29. The first-order chi connectivity index (χ1) is 13.0. The number of nitrogens with zero attached hydrogens (tertiary/aromatic N) is 3. The lowest BCUT2D eigenvalue weighted by Gasteiger charge is -2.25. The summed E-state index contributed by atoms with van der Waals surface area (Å²) in [6.45, 7) is 3.73. The van der Waals surface area contributed by atoms with Gasteiger partial charge in [-0.05, 0) is 43.9 Å². The summed E-state index contributed by atoms with van der Waals surface area (Å²) in [5.41, 5.74) is 3.42. The third-order valence-corrected chi connectivity index (χ3v) is 5.33. The zero-order valence-electron chi connectivity index (χ0n) is 15.8. The monoisotopic (exact) mass is 401 g/mol. The Kier molecular flexibility index (Phi) is 6.97. The molecule has 0 radical (unpaired) electrons. The first-order valence-corrected chi connectivity index (χ1v) is 9.82. The van der Waals surface area contributed by atoms with Gasteiger partial charge in [0.2, 0.25) is 0 Å². The van der Waals surface area contributed by atoms with Crippen LogP contribution in [0.1, 0.15) is 11.3 Å². The molecule has 0 N–H and O–H groups in total. The lowest BCUT2D eigenvalue weighted by atomic mass is 10.2. The quantitative estimate of drug-likeness (QED) is 0.503. The summed E-state index contributed by atoms with van der Waals surface area (Å²) in [7, 11) is 4.21. The number of aromatic nitrogens is 1. The Labute approximate surface area is 171 Å². The smallest absolute Gasteiger partial charge is 0.0832 e. The number of likely N-dealkylation sites (N-methyl/N-ethyl adjacent to an activating group) is 1. The zero-order chi connectivity index (χ0) is 19.2. The van der Waals surface area contributed by atoms with Crippen LogP contribution in [0, 0.1) is 0 Å². The predicted octanol–water partition coefficient (Wildman–Crippen LogP) is 5.35. The maximum atomic E-state index is 6.45. The molecule has 0 saturated heterocycles. The van der Waals surface area contributed by atoms with Gasteiger partial charge in [0.05, 0.1) is 15.7 Å². The van der Waals surface area contributed by atoms with Gasteiger partial charge >= 0.3 is 0 Å². The molecule has 0 fully saturated rings. The molecule has 5 heteroatoms. The third kappa shape index (κ3) is 5.36. The van der Waals surface area contributed by atoms with Gasteiger partial charge in [-0.15, -0.1) is 0 Å². The van der Waals surface area contributed by atoms with Gasteiger partial charge in [-0.25, -0.2) is 0 Å². The van der Waals surface area contributed by atoms with E-state index in [2.05, 4.69) is 70.9 Å². The molecule has 0 bridgehead atoms. The average Bonchev–Trinajstić information content (AvgIpc) is 3.11. The number of benzene rings is 2. The summed E-state index contributed by atoms with van der Waals surface area (Å²) < 4.78 is 2.13. The second kappa shape index (κ2) is 9.43. The Morgan fingerprint density at radius 3 is 2.33 bits per heavy atom. The van der Waals surface area contributed by atoms with Gasteiger partial charge in [-0.1, -0.05) is 59.6 Å². The van der Waals surface area contributed by atoms with Crippen LogP contribution >= 0.6 is 23.2 Å². The van der Waals surface area contributed by atoms with Crippen LogP contribution in [-0.4, -0.2) is 41.6 Å². The lowest BCUT2D eigenvalue weighted by Crippen LogP contribution is -2.31. The molecule has 0 atom stereocenters. The maximum Gasteiger partial charge on any atom is 0.0832 e. The summed E-state index contributed by atoms with van der Waals surface area (Å²) in [6, 6.07) is 20.5. The second-order valence-corrected chi connectivity index (χ2v) is 7.73. The van der Waals surface area contributed by atoms with Crippen molar-refractivity contribution in [2.24, 2.45) is 0 Å². The van der Waals surface area contributed by atoms with Crippen LogP contribution in [0.25, 0.3) is 5.69 Å². The number of rotatable bonds is 8. The van der Waals surface area contributed by atoms with E-state index in [1.807, 2.05) is 24.4 Å². The minimum atomic E-state index is 0.572. The fourth-order valence-electron chi connectivity index (χ4n) is 3.08. The van der Waals surface area contributed by atoms with Gasteiger partial charge < -0.3 is 9.47 Å². The van der Waals surface area contributed by atoms with Crippen LogP contribution in [0.15, 0.2) is 66.9 Å². The number of halogens is 2. The minimum Gasteiger partial charge on any atom is -0.318 e. The molecule has 3 aromatic rings. The molecule has 0 unspecified atom stereocenters. The van der Waals surface area contributed by atoms with Crippen LogP contribution in [0.5, 0.6) is 0 Å². The molecule has 3 nitrogen and oxygen atoms in total. The van der Waals surface area contributed by atoms with Crippen molar-refractivity contribution in [3.05, 3.63) is 88.2 Å². The van der Waals surface area contributed by atoms with E-state index in [9.17, 15) is 0 Å². The maximum absolute atomic E-state index is 6.45. The molecule has 1 aromatic heterocycles. The van der Waals surface area contributed by atoms with Gasteiger partial charge in [0.15, 0.2) is 0 Å². The van der Waals surface area contributed by atoms with Crippen molar-refractivity contribution in [2.75, 3.05) is 27.2 Å². The Morgan fingerprint density at radius 1 is 0.815 bits per heavy atom. The largest absolute Gasteiger partial charge is 0.318 e. The van der Waals surface area contributed by atoms with Crippen LogP contribution in [0.3, 0.4) is 0 Å². The number of hydrogen-bond donors (Lipinski definition) is 0. The molecular formula is C22H25Cl2N3. The Hall–Kier alpha value is -1.78. The molecular weight excluding hydrogens is 377 g/mol. The van der Waals surface area contributed by atoms with Crippen molar-refractivity contribution in [1.29, 1.82) is 0 Å². The summed E-state index contributed by atoms with van der Waals surface area (Å²) in [6.07, 6.45) is 2.04. The van der Waals surface area contributed by atoms with E-state index in [0.29, 0.717) is 10.0 Å². The lowest BCUT2D eigenvalue weighted by molar-refractivity contribution is 0.223. The van der Waals surface area contributed by atoms with E-state index < -0.39 is 0 Å². The Morgan fingerprint density at radius 2 is 1.59 bits per heavy atom. The van der Waals surface area contributed by atoms with Gasteiger partial charge in [0.1, 0.15) is 0 Å². The van der Waals surface area contributed by atoms with Crippen molar-refractivity contribution in [3.8, 4) is 5.69 Å². The van der Waals surface area contributed by atoms with E-state index in [1.165, 1.54) is 11.3 Å². The van der Waals surface area contributed by atoms with Crippen LogP contribution in [0.4, 0.5) is 0 Å². The van der Waals surface area contributed by atoms with Crippen molar-refractivity contribution >= 4 is 23.2 Å². The van der Waals surface area contributed by atoms with E-state index in [0.717, 1.165) is 31.9 Å². The molecule has 0 spiro atoms. The molecule has 0 amide bonds. The van der Waals surface area contributed by atoms with Crippen LogP contribution in [-0.2, 0) is 13.1 Å². The van der Waals surface area contributed by atoms with Crippen molar-refractivity contribution in [3.63, 3.8) is 0 Å². The van der Waals surface area contributed by atoms with Crippen molar-refractivity contribution in [1.82, 2.24) is 14.4 Å². The average molecular weight is 402 g/mol. The minimum absolute atomic E-state index is 0.572. The topological polar surface area (TPSA) is 11.4 Å². The Balaban J connectivity index is 1.83. The van der Waals surface area contributed by atoms with Gasteiger partial charge in [-0.2, -0.15) is 0 Å². The van der Waals surface area contributed by atoms with Gasteiger partial charge in [0, 0.05) is 38.1 Å². The molecule has 0 aliphatic rings. The molecule has 0 aliphatic heterocycles. The molecule has 2 aromatic carbocycles. The fraction of sp³-hybridized carbons (Fsp3) is 0.273. The first-order valence-electron chi connectivity index (χ1n) is 9.06. The van der Waals surface area contributed by atoms with E-state index in [-0.39, 0.29) is 0 Å². The van der Waals surface area contributed by atoms with E-state index in [1.54, 1.807) is 0 Å². The van der Waals surface area contributed by atoms with Gasteiger partial charge in [-0.3, -0.25) is 4.90 Å². The fourth-order valence-corrected chi connectivity index (χ4v) is 3.47. The molecule has 142 valence electrons. The van der Waals surface area contributed by atoms with Crippen LogP contribution in [0.2, 0.25) is 10.0 Å². The molecule has 1 heterocycles. The molecule has 27 heavy (non-hydrogen) atoms. The van der Waals surface area contributed by atoms with E-state index in [4.69, 9.17) is 23.2 Å². The highest BCUT2D eigenvalue weighted by Gasteiger charge is 2.13. The SMILES string of the molecule is CN(C)CCN(Cc1ccccc1)Cc1cccn1-c1cccc(Cl)c1Cl. The number of hydrogen-bond acceptors (Lipinski definition) is 2. The summed E-state index contributed by atoms with van der Waals surface area (Å²) in [5.74, 6) is 0. The normalized spacial score (nSPS) is 11.5. The standard InChI is InChI=1S/C22H25Cl2N3/c1-25(2)14-15-26(16-18-8-4-3-5-9-18)17-19-10-7-13-27(19)21-12-6-11-20(23)22(21)24/h3-13H,14-17H2,1-2H3. The second-order valence-electron chi connectivity index (χ2n) is 6.94. The van der Waals surface area contributed by atoms with E-state index >= 15 is 0 Å². The van der Waals surface area contributed by atoms with Crippen molar-refractivity contribution in [2.45, 2.75) is 13.1 Å². The summed E-state index contributed by atoms with van der Waals surface area (Å²) in [5, 5.41) is 1.15. The highest BCUT2D eigenvalue weighted by molar-refractivity contribution is 6.43. The molecule has 0 saturated carbocycles.